The molecule has 6 atom stereocenters. The Labute approximate surface area is 252 Å². The highest BCUT2D eigenvalue weighted by Crippen LogP contribution is 2.26. The van der Waals surface area contributed by atoms with Crippen molar-refractivity contribution in [2.75, 3.05) is 0 Å². The molecule has 9 nitrogen and oxygen atoms in total. The molecule has 7 N–H and O–H groups in total. The number of nitrogens with one attached hydrogen (secondary N) is 4. The molecule has 0 bridgehead atoms. The topological polar surface area (TPSA) is 149 Å². The van der Waals surface area contributed by atoms with Crippen LogP contribution in [-0.2, 0) is 20.8 Å². The number of carbonyl (C=O) groups excluding carboxylic acids is 3. The first-order valence-electron chi connectivity index (χ1n) is 14.6. The average molecular weight is 584 g/mol. The number of hydrogen-bond donors (Lipinski definition) is 6. The van der Waals surface area contributed by atoms with E-state index >= 15 is 0 Å². The molecule has 0 aliphatic carbocycles. The summed E-state index contributed by atoms with van der Waals surface area (Å²) in [6.07, 6.45) is -0.583. The van der Waals surface area contributed by atoms with E-state index in [1.54, 1.807) is 13.8 Å². The van der Waals surface area contributed by atoms with Crippen LogP contribution in [-0.4, -0.2) is 52.0 Å². The number of nitrogens with two attached hydrogens (primary N) is 1. The third-order valence-corrected chi connectivity index (χ3v) is 7.58. The summed E-state index contributed by atoms with van der Waals surface area (Å²) in [6.45, 7) is 4.86. The lowest BCUT2D eigenvalue weighted by atomic mass is 9.93. The summed E-state index contributed by atoms with van der Waals surface area (Å²) >= 11 is 0. The van der Waals surface area contributed by atoms with Crippen LogP contribution in [0.4, 0.5) is 0 Å². The molecule has 4 rings (SSSR count). The third-order valence-electron chi connectivity index (χ3n) is 7.58. The highest BCUT2D eigenvalue weighted by molar-refractivity contribution is 5.89. The number of benzene rings is 3. The van der Waals surface area contributed by atoms with Gasteiger partial charge in [-0.05, 0) is 55.3 Å². The van der Waals surface area contributed by atoms with Crippen LogP contribution in [0.25, 0.3) is 10.9 Å². The Bertz CT molecular complexity index is 1470. The molecule has 3 aromatic carbocycles. The molecule has 1 aromatic heterocycles. The molecule has 226 valence electrons. The lowest BCUT2D eigenvalue weighted by Crippen LogP contribution is -2.54. The van der Waals surface area contributed by atoms with Gasteiger partial charge in [0.05, 0.1) is 24.2 Å². The van der Waals surface area contributed by atoms with Crippen LogP contribution in [0.15, 0.2) is 91.0 Å². The molecular weight excluding hydrogens is 542 g/mol. The molecule has 0 radical (unpaired) electrons. The van der Waals surface area contributed by atoms with Crippen molar-refractivity contribution in [3.63, 3.8) is 0 Å². The first kappa shape index (κ1) is 31.5. The number of para-hydroxylation sites is 1. The highest BCUT2D eigenvalue weighted by Gasteiger charge is 2.29. The predicted octanol–water partition coefficient (Wildman–Crippen LogP) is 3.34. The zero-order valence-electron chi connectivity index (χ0n) is 24.8. The molecular formula is C34H41N5O4. The summed E-state index contributed by atoms with van der Waals surface area (Å²) in [4.78, 5) is 42.0. The zero-order valence-corrected chi connectivity index (χ0v) is 24.8. The van der Waals surface area contributed by atoms with Crippen molar-refractivity contribution < 1.29 is 19.5 Å². The molecule has 4 aromatic rings. The largest absolute Gasteiger partial charge is 0.391 e. The normalized spacial score (nSPS) is 15.5. The van der Waals surface area contributed by atoms with Gasteiger partial charge in [0, 0.05) is 17.1 Å². The maximum Gasteiger partial charge on any atom is 0.242 e. The Balaban J connectivity index is 1.48. The van der Waals surface area contributed by atoms with Crippen LogP contribution in [0.2, 0.25) is 0 Å². The summed E-state index contributed by atoms with van der Waals surface area (Å²) in [5, 5.41) is 21.0. The molecule has 0 fully saturated rings. The van der Waals surface area contributed by atoms with Crippen LogP contribution >= 0.6 is 0 Å². The van der Waals surface area contributed by atoms with Crippen LogP contribution in [0.1, 0.15) is 50.1 Å². The quantitative estimate of drug-likeness (QED) is 0.143. The number of aliphatic hydroxyl groups is 1. The summed E-state index contributed by atoms with van der Waals surface area (Å²) < 4.78 is 0. The summed E-state index contributed by atoms with van der Waals surface area (Å²) in [5.74, 6) is -1.70. The standard InChI is InChI=1S/C34H41N5O4/c1-21(32(41)39-31(25-14-8-5-9-15-25)29-20-26-16-10-11-17-27(26)37-29)18-30(40)28(19-24-12-6-4-7-13-24)38-34(43)23(3)36-33(42)22(2)35/h4-17,20-23,28,30-31,37,40H,18-19,35H2,1-3H3,(H,36,42)(H,38,43)(H,39,41)/t21-,22+,23+,28+,30+,31?/m1/s1. The molecule has 0 saturated heterocycles. The van der Waals surface area contributed by atoms with Gasteiger partial charge in [0.1, 0.15) is 6.04 Å². The van der Waals surface area contributed by atoms with Gasteiger partial charge < -0.3 is 31.8 Å². The summed E-state index contributed by atoms with van der Waals surface area (Å²) in [6, 6.07) is 26.4. The van der Waals surface area contributed by atoms with Crippen LogP contribution < -0.4 is 21.7 Å². The van der Waals surface area contributed by atoms with Gasteiger partial charge >= 0.3 is 0 Å². The smallest absolute Gasteiger partial charge is 0.242 e. The second-order valence-electron chi connectivity index (χ2n) is 11.2. The fourth-order valence-corrected chi connectivity index (χ4v) is 5.02. The number of aromatic amines is 1. The Hall–Kier alpha value is -4.47. The van der Waals surface area contributed by atoms with Gasteiger partial charge in [-0.3, -0.25) is 14.4 Å². The maximum absolute atomic E-state index is 13.6. The molecule has 0 saturated carbocycles. The average Bonchev–Trinajstić information content (AvgIpc) is 3.44. The summed E-state index contributed by atoms with van der Waals surface area (Å²) in [7, 11) is 0. The van der Waals surface area contributed by atoms with Gasteiger partial charge in [-0.25, -0.2) is 0 Å². The van der Waals surface area contributed by atoms with E-state index in [1.807, 2.05) is 91.0 Å². The number of carbonyl (C=O) groups is 3. The zero-order chi connectivity index (χ0) is 30.9. The molecule has 0 spiro atoms. The van der Waals surface area contributed by atoms with Crippen molar-refractivity contribution in [2.45, 2.75) is 63.9 Å². The number of fused-ring (bicyclic) bond motifs is 1. The van der Waals surface area contributed by atoms with E-state index in [4.69, 9.17) is 5.73 Å². The molecule has 0 aliphatic heterocycles. The van der Waals surface area contributed by atoms with Crippen LogP contribution in [0, 0.1) is 5.92 Å². The van der Waals surface area contributed by atoms with Gasteiger partial charge in [0.25, 0.3) is 0 Å². The molecule has 1 heterocycles. The maximum atomic E-state index is 13.6. The Morgan fingerprint density at radius 2 is 1.42 bits per heavy atom. The van der Waals surface area contributed by atoms with Crippen molar-refractivity contribution >= 4 is 28.6 Å². The second kappa shape index (κ2) is 14.6. The summed E-state index contributed by atoms with van der Waals surface area (Å²) in [5.41, 5.74) is 9.29. The van der Waals surface area contributed by atoms with Crippen molar-refractivity contribution in [2.24, 2.45) is 11.7 Å². The van der Waals surface area contributed by atoms with E-state index in [9.17, 15) is 19.5 Å². The number of H-pyrrole nitrogens is 1. The van der Waals surface area contributed by atoms with Crippen molar-refractivity contribution in [1.82, 2.24) is 20.9 Å². The monoisotopic (exact) mass is 583 g/mol. The highest BCUT2D eigenvalue weighted by atomic mass is 16.3. The predicted molar refractivity (Wildman–Crippen MR) is 168 cm³/mol. The molecule has 1 unspecified atom stereocenters. The van der Waals surface area contributed by atoms with Crippen molar-refractivity contribution in [3.8, 4) is 0 Å². The Morgan fingerprint density at radius 3 is 2.07 bits per heavy atom. The minimum atomic E-state index is -1.04. The number of hydrogen-bond acceptors (Lipinski definition) is 5. The van der Waals surface area contributed by atoms with E-state index in [1.165, 1.54) is 6.92 Å². The van der Waals surface area contributed by atoms with Crippen molar-refractivity contribution in [1.29, 1.82) is 0 Å². The van der Waals surface area contributed by atoms with Gasteiger partial charge in [-0.1, -0.05) is 85.8 Å². The van der Waals surface area contributed by atoms with Gasteiger partial charge in [-0.15, -0.1) is 0 Å². The van der Waals surface area contributed by atoms with Crippen LogP contribution in [0.3, 0.4) is 0 Å². The van der Waals surface area contributed by atoms with Crippen LogP contribution in [0.5, 0.6) is 0 Å². The first-order valence-corrected chi connectivity index (χ1v) is 14.6. The SMILES string of the molecule is C[C@H](N)C(=O)N[C@@H](C)C(=O)N[C@@H](Cc1ccccc1)[C@@H](O)C[C@@H](C)C(=O)NC(c1ccccc1)c1cc2ccccc2[nH]1. The van der Waals surface area contributed by atoms with E-state index in [0.29, 0.717) is 6.42 Å². The minimum Gasteiger partial charge on any atom is -0.391 e. The molecule has 0 aliphatic rings. The van der Waals surface area contributed by atoms with E-state index in [-0.39, 0.29) is 12.3 Å². The Morgan fingerprint density at radius 1 is 0.791 bits per heavy atom. The number of amides is 3. The van der Waals surface area contributed by atoms with E-state index in [2.05, 4.69) is 20.9 Å². The van der Waals surface area contributed by atoms with Crippen molar-refractivity contribution in [3.05, 3.63) is 108 Å². The van der Waals surface area contributed by atoms with Gasteiger partial charge in [0.15, 0.2) is 0 Å². The number of aromatic nitrogens is 1. The fourth-order valence-electron chi connectivity index (χ4n) is 5.02. The number of aliphatic hydroxyl groups excluding tert-OH is 1. The fraction of sp³-hybridized carbons (Fsp3) is 0.324. The van der Waals surface area contributed by atoms with Gasteiger partial charge in [-0.2, -0.15) is 0 Å². The first-order chi connectivity index (χ1) is 20.6. The van der Waals surface area contributed by atoms with Gasteiger partial charge in [0.2, 0.25) is 17.7 Å². The van der Waals surface area contributed by atoms with E-state index < -0.39 is 48.0 Å². The number of rotatable bonds is 13. The lowest BCUT2D eigenvalue weighted by Gasteiger charge is -2.28. The third kappa shape index (κ3) is 8.53. The second-order valence-corrected chi connectivity index (χ2v) is 11.2. The molecule has 43 heavy (non-hydrogen) atoms. The molecule has 9 heteroatoms. The Kier molecular flexibility index (Phi) is 10.7. The van der Waals surface area contributed by atoms with E-state index in [0.717, 1.165) is 27.7 Å². The lowest BCUT2D eigenvalue weighted by molar-refractivity contribution is -0.130. The minimum absolute atomic E-state index is 0.110. The molecule has 3 amide bonds.